The molecule has 2 saturated heterocycles. The predicted octanol–water partition coefficient (Wildman–Crippen LogP) is 5.32. The molecule has 0 amide bonds. The van der Waals surface area contributed by atoms with Gasteiger partial charge in [0.05, 0.1) is 0 Å². The van der Waals surface area contributed by atoms with Crippen molar-refractivity contribution in [2.75, 3.05) is 14.1 Å². The van der Waals surface area contributed by atoms with E-state index in [-0.39, 0.29) is 0 Å². The van der Waals surface area contributed by atoms with Gasteiger partial charge in [-0.15, -0.1) is 0 Å². The molecule has 0 aromatic heterocycles. The molecule has 2 heterocycles. The van der Waals surface area contributed by atoms with Gasteiger partial charge in [-0.05, 0) is 108 Å². The lowest BCUT2D eigenvalue weighted by Gasteiger charge is -2.51. The maximum atomic E-state index is 2.52. The lowest BCUT2D eigenvalue weighted by atomic mass is 9.80. The van der Waals surface area contributed by atoms with Gasteiger partial charge in [0.2, 0.25) is 0 Å². The van der Waals surface area contributed by atoms with Crippen molar-refractivity contribution in [1.82, 2.24) is 9.80 Å². The van der Waals surface area contributed by atoms with Crippen molar-refractivity contribution in [2.24, 2.45) is 0 Å². The summed E-state index contributed by atoms with van der Waals surface area (Å²) in [5.74, 6) is 0. The van der Waals surface area contributed by atoms with Crippen LogP contribution in [0.15, 0.2) is 0 Å². The fraction of sp³-hybridized carbons (Fsp3) is 1.00. The maximum Gasteiger partial charge on any atom is 0.0155 e. The van der Waals surface area contributed by atoms with Crippen molar-refractivity contribution < 1.29 is 0 Å². The van der Waals surface area contributed by atoms with Crippen LogP contribution in [0.3, 0.4) is 0 Å². The molecule has 0 aromatic rings. The van der Waals surface area contributed by atoms with E-state index in [1.54, 1.807) is 0 Å². The molecule has 2 rings (SSSR count). The zero-order valence-electron chi connectivity index (χ0n) is 17.1. The van der Waals surface area contributed by atoms with Crippen molar-refractivity contribution >= 4 is 0 Å². The first-order valence-electron chi connectivity index (χ1n) is 9.20. The summed E-state index contributed by atoms with van der Waals surface area (Å²) in [7, 11) is 4.50. The Morgan fingerprint density at radius 2 is 0.636 bits per heavy atom. The fourth-order valence-corrected chi connectivity index (χ4v) is 4.22. The Balaban J connectivity index is 0.000000220. The summed E-state index contributed by atoms with van der Waals surface area (Å²) in [5.41, 5.74) is 1.62. The summed E-state index contributed by atoms with van der Waals surface area (Å²) in [5, 5.41) is 0. The molecule has 2 fully saturated rings. The normalized spacial score (nSPS) is 30.3. The molecular weight excluding hydrogens is 268 g/mol. The lowest BCUT2D eigenvalue weighted by molar-refractivity contribution is -0.00223. The first-order chi connectivity index (χ1) is 9.72. The van der Waals surface area contributed by atoms with Gasteiger partial charge in [0.25, 0.3) is 0 Å². The molecule has 0 saturated carbocycles. The Morgan fingerprint density at radius 3 is 0.773 bits per heavy atom. The molecule has 0 N–H and O–H groups in total. The second-order valence-electron chi connectivity index (χ2n) is 10.1. The molecule has 0 aliphatic carbocycles. The number of hydrogen-bond acceptors (Lipinski definition) is 2. The van der Waals surface area contributed by atoms with E-state index >= 15 is 0 Å². The van der Waals surface area contributed by atoms with Crippen molar-refractivity contribution in [3.8, 4) is 0 Å². The monoisotopic (exact) mass is 310 g/mol. The molecule has 22 heavy (non-hydrogen) atoms. The summed E-state index contributed by atoms with van der Waals surface area (Å²) in [6, 6.07) is 0. The topological polar surface area (TPSA) is 6.48 Å². The highest BCUT2D eigenvalue weighted by Crippen LogP contribution is 2.37. The van der Waals surface area contributed by atoms with Crippen LogP contribution < -0.4 is 0 Å². The van der Waals surface area contributed by atoms with Crippen LogP contribution in [0.4, 0.5) is 0 Å². The molecule has 2 nitrogen and oxygen atoms in total. The Kier molecular flexibility index (Phi) is 5.84. The van der Waals surface area contributed by atoms with E-state index < -0.39 is 0 Å². The van der Waals surface area contributed by atoms with E-state index in [0.29, 0.717) is 22.2 Å². The summed E-state index contributed by atoms with van der Waals surface area (Å²) < 4.78 is 0. The third-order valence-corrected chi connectivity index (χ3v) is 6.79. The predicted molar refractivity (Wildman–Crippen MR) is 99.5 cm³/mol. The van der Waals surface area contributed by atoms with Gasteiger partial charge in [0.15, 0.2) is 0 Å². The second-order valence-corrected chi connectivity index (χ2v) is 10.1. The zero-order chi connectivity index (χ0) is 17.4. The molecule has 0 unspecified atom stereocenters. The van der Waals surface area contributed by atoms with Gasteiger partial charge in [-0.1, -0.05) is 0 Å². The van der Waals surface area contributed by atoms with Gasteiger partial charge in [-0.3, -0.25) is 9.80 Å². The van der Waals surface area contributed by atoms with E-state index in [0.717, 1.165) is 0 Å². The molecule has 0 atom stereocenters. The summed E-state index contributed by atoms with van der Waals surface area (Å²) in [6.45, 7) is 18.7. The Morgan fingerprint density at radius 1 is 0.455 bits per heavy atom. The van der Waals surface area contributed by atoms with Crippen molar-refractivity contribution in [3.05, 3.63) is 0 Å². The van der Waals surface area contributed by atoms with Gasteiger partial charge >= 0.3 is 0 Å². The molecular formula is C20H42N2. The van der Waals surface area contributed by atoms with Gasteiger partial charge in [0.1, 0.15) is 0 Å². The Bertz CT molecular complexity index is 298. The highest BCUT2D eigenvalue weighted by atomic mass is 15.2. The Hall–Kier alpha value is -0.0800. The number of hydrogen-bond donors (Lipinski definition) is 0. The van der Waals surface area contributed by atoms with Crippen LogP contribution in [0, 0.1) is 0 Å². The minimum atomic E-state index is 0.405. The van der Waals surface area contributed by atoms with E-state index in [9.17, 15) is 0 Å². The lowest BCUT2D eigenvalue weighted by Crippen LogP contribution is -2.56. The van der Waals surface area contributed by atoms with Crippen LogP contribution in [0.5, 0.6) is 0 Å². The van der Waals surface area contributed by atoms with Crippen molar-refractivity contribution in [3.63, 3.8) is 0 Å². The van der Waals surface area contributed by atoms with E-state index in [1.807, 2.05) is 0 Å². The summed E-state index contributed by atoms with van der Waals surface area (Å²) >= 11 is 0. The van der Waals surface area contributed by atoms with Gasteiger partial charge in [-0.2, -0.15) is 0 Å². The SMILES string of the molecule is CN1C(C)(C)CCCC1(C)C.CN1C(C)(C)CCCC1(C)C. The quantitative estimate of drug-likeness (QED) is 0.597. The van der Waals surface area contributed by atoms with Crippen molar-refractivity contribution in [1.29, 1.82) is 0 Å². The van der Waals surface area contributed by atoms with E-state index in [2.05, 4.69) is 79.3 Å². The van der Waals surface area contributed by atoms with Crippen LogP contribution in [0.2, 0.25) is 0 Å². The third kappa shape index (κ3) is 4.47. The molecule has 132 valence electrons. The van der Waals surface area contributed by atoms with Gasteiger partial charge in [-0.25, -0.2) is 0 Å². The standard InChI is InChI=1S/2C10H21N/c2*1-9(2)7-6-8-10(3,4)11(9)5/h2*6-8H2,1-5H3. The average Bonchev–Trinajstić information content (AvgIpc) is 2.33. The molecule has 0 aromatic carbocycles. The van der Waals surface area contributed by atoms with Gasteiger partial charge in [0, 0.05) is 22.2 Å². The van der Waals surface area contributed by atoms with E-state index in [4.69, 9.17) is 0 Å². The molecule has 2 aliphatic rings. The third-order valence-electron chi connectivity index (χ3n) is 6.79. The fourth-order valence-electron chi connectivity index (χ4n) is 4.22. The zero-order valence-corrected chi connectivity index (χ0v) is 17.1. The van der Waals surface area contributed by atoms with Crippen LogP contribution in [-0.2, 0) is 0 Å². The molecule has 2 heteroatoms. The number of likely N-dealkylation sites (tertiary alicyclic amines) is 2. The minimum Gasteiger partial charge on any atom is -0.296 e. The minimum absolute atomic E-state index is 0.405. The van der Waals surface area contributed by atoms with Crippen LogP contribution in [0.1, 0.15) is 93.9 Å². The van der Waals surface area contributed by atoms with E-state index in [1.165, 1.54) is 38.5 Å². The summed E-state index contributed by atoms with van der Waals surface area (Å²) in [6.07, 6.45) is 8.12. The molecule has 0 radical (unpaired) electrons. The largest absolute Gasteiger partial charge is 0.296 e. The number of nitrogens with zero attached hydrogens (tertiary/aromatic N) is 2. The second kappa shape index (κ2) is 6.43. The highest BCUT2D eigenvalue weighted by molar-refractivity contribution is 4.95. The Labute approximate surface area is 140 Å². The van der Waals surface area contributed by atoms with Crippen LogP contribution in [-0.4, -0.2) is 46.1 Å². The molecule has 0 spiro atoms. The molecule has 0 bridgehead atoms. The smallest absolute Gasteiger partial charge is 0.0155 e. The van der Waals surface area contributed by atoms with Crippen LogP contribution in [0.25, 0.3) is 0 Å². The first kappa shape index (κ1) is 20.0. The molecule has 2 aliphatic heterocycles. The summed E-state index contributed by atoms with van der Waals surface area (Å²) in [4.78, 5) is 5.03. The number of rotatable bonds is 0. The maximum absolute atomic E-state index is 2.52. The van der Waals surface area contributed by atoms with Crippen LogP contribution >= 0.6 is 0 Å². The van der Waals surface area contributed by atoms with Crippen molar-refractivity contribution in [2.45, 2.75) is 116 Å². The average molecular weight is 311 g/mol. The first-order valence-corrected chi connectivity index (χ1v) is 9.20. The van der Waals surface area contributed by atoms with Gasteiger partial charge < -0.3 is 0 Å². The number of piperidine rings is 2. The highest BCUT2D eigenvalue weighted by Gasteiger charge is 2.38.